The minimum Gasteiger partial charge on any atom is -0.343 e. The summed E-state index contributed by atoms with van der Waals surface area (Å²) in [4.78, 5) is 15.9. The molecular weight excluding hydrogens is 226 g/mol. The average Bonchev–Trinajstić information content (AvgIpc) is 2.39. The summed E-state index contributed by atoms with van der Waals surface area (Å²) in [5.41, 5.74) is 6.16. The second kappa shape index (κ2) is 6.02. The van der Waals surface area contributed by atoms with Crippen LogP contribution in [0.4, 0.5) is 0 Å². The first kappa shape index (κ1) is 13.8. The molecule has 0 aromatic rings. The molecule has 0 aromatic carbocycles. The Morgan fingerprint density at radius 1 is 1.22 bits per heavy atom. The fraction of sp³-hybridized carbons (Fsp3) is 0.929. The van der Waals surface area contributed by atoms with Crippen LogP contribution in [0.25, 0.3) is 0 Å². The van der Waals surface area contributed by atoms with Crippen molar-refractivity contribution in [1.29, 1.82) is 0 Å². The molecule has 0 saturated carbocycles. The highest BCUT2D eigenvalue weighted by molar-refractivity contribution is 5.73. The van der Waals surface area contributed by atoms with Gasteiger partial charge in [0, 0.05) is 38.6 Å². The Balaban J connectivity index is 1.84. The van der Waals surface area contributed by atoms with Crippen LogP contribution in [0.2, 0.25) is 0 Å². The van der Waals surface area contributed by atoms with Gasteiger partial charge in [-0.25, -0.2) is 0 Å². The van der Waals surface area contributed by atoms with Crippen LogP contribution in [0, 0.1) is 5.92 Å². The molecule has 2 saturated heterocycles. The predicted molar refractivity (Wildman–Crippen MR) is 73.2 cm³/mol. The molecule has 2 heterocycles. The van der Waals surface area contributed by atoms with Gasteiger partial charge in [0.25, 0.3) is 0 Å². The molecule has 2 aliphatic heterocycles. The summed E-state index contributed by atoms with van der Waals surface area (Å²) in [6.45, 7) is 8.07. The zero-order valence-electron chi connectivity index (χ0n) is 11.8. The van der Waals surface area contributed by atoms with Crippen molar-refractivity contribution in [2.75, 3.05) is 26.2 Å². The second-order valence-electron chi connectivity index (χ2n) is 5.85. The third kappa shape index (κ3) is 3.04. The molecule has 18 heavy (non-hydrogen) atoms. The van der Waals surface area contributed by atoms with Gasteiger partial charge in [0.05, 0.1) is 0 Å². The first-order valence-electron chi connectivity index (χ1n) is 7.37. The van der Waals surface area contributed by atoms with Gasteiger partial charge in [0.15, 0.2) is 0 Å². The van der Waals surface area contributed by atoms with Crippen molar-refractivity contribution >= 4 is 5.91 Å². The molecule has 2 N–H and O–H groups in total. The number of rotatable bonds is 2. The highest BCUT2D eigenvalue weighted by atomic mass is 16.2. The molecular formula is C14H27N3O. The van der Waals surface area contributed by atoms with E-state index in [0.29, 0.717) is 18.0 Å². The third-order valence-corrected chi connectivity index (χ3v) is 4.77. The normalized spacial score (nSPS) is 31.6. The lowest BCUT2D eigenvalue weighted by Gasteiger charge is -2.44. The number of hydrogen-bond donors (Lipinski definition) is 1. The molecule has 0 radical (unpaired) electrons. The molecule has 2 atom stereocenters. The monoisotopic (exact) mass is 253 g/mol. The molecule has 2 fully saturated rings. The van der Waals surface area contributed by atoms with Crippen LogP contribution in [0.1, 0.15) is 39.5 Å². The molecule has 0 bridgehead atoms. The van der Waals surface area contributed by atoms with E-state index in [2.05, 4.69) is 11.8 Å². The standard InChI is InChI=1S/C14H27N3O/c1-3-12-10-17(9-6-14(12)15)13-4-7-16(8-5-13)11(2)18/h12-14H,3-10,15H2,1-2H3. The van der Waals surface area contributed by atoms with Crippen LogP contribution < -0.4 is 5.73 Å². The van der Waals surface area contributed by atoms with Gasteiger partial charge in [-0.05, 0) is 31.7 Å². The molecule has 2 rings (SSSR count). The zero-order valence-corrected chi connectivity index (χ0v) is 11.8. The van der Waals surface area contributed by atoms with E-state index in [1.165, 1.54) is 6.42 Å². The van der Waals surface area contributed by atoms with Crippen LogP contribution >= 0.6 is 0 Å². The van der Waals surface area contributed by atoms with Gasteiger partial charge in [-0.15, -0.1) is 0 Å². The van der Waals surface area contributed by atoms with Crippen molar-refractivity contribution in [3.05, 3.63) is 0 Å². The maximum absolute atomic E-state index is 11.3. The minimum absolute atomic E-state index is 0.223. The van der Waals surface area contributed by atoms with E-state index < -0.39 is 0 Å². The Hall–Kier alpha value is -0.610. The van der Waals surface area contributed by atoms with Crippen LogP contribution in [-0.4, -0.2) is 54.0 Å². The molecule has 2 aliphatic rings. The van der Waals surface area contributed by atoms with Crippen LogP contribution in [-0.2, 0) is 4.79 Å². The van der Waals surface area contributed by atoms with Crippen molar-refractivity contribution in [3.63, 3.8) is 0 Å². The average molecular weight is 253 g/mol. The maximum atomic E-state index is 11.3. The molecule has 2 unspecified atom stereocenters. The maximum Gasteiger partial charge on any atom is 0.219 e. The first-order chi connectivity index (χ1) is 8.61. The van der Waals surface area contributed by atoms with Gasteiger partial charge in [-0.1, -0.05) is 13.3 Å². The minimum atomic E-state index is 0.223. The number of carbonyl (C=O) groups excluding carboxylic acids is 1. The molecule has 0 aliphatic carbocycles. The molecule has 0 spiro atoms. The first-order valence-corrected chi connectivity index (χ1v) is 7.37. The lowest BCUT2D eigenvalue weighted by molar-refractivity contribution is -0.130. The molecule has 4 heteroatoms. The fourth-order valence-corrected chi connectivity index (χ4v) is 3.39. The smallest absolute Gasteiger partial charge is 0.219 e. The Morgan fingerprint density at radius 2 is 1.89 bits per heavy atom. The highest BCUT2D eigenvalue weighted by Gasteiger charge is 2.31. The van der Waals surface area contributed by atoms with Gasteiger partial charge < -0.3 is 10.6 Å². The summed E-state index contributed by atoms with van der Waals surface area (Å²) < 4.78 is 0. The summed E-state index contributed by atoms with van der Waals surface area (Å²) in [5, 5.41) is 0. The number of carbonyl (C=O) groups is 1. The van der Waals surface area contributed by atoms with Crippen LogP contribution in [0.15, 0.2) is 0 Å². The van der Waals surface area contributed by atoms with Gasteiger partial charge in [0.1, 0.15) is 0 Å². The van der Waals surface area contributed by atoms with Crippen molar-refractivity contribution in [2.24, 2.45) is 11.7 Å². The lowest BCUT2D eigenvalue weighted by atomic mass is 9.88. The predicted octanol–water partition coefficient (Wildman–Crippen LogP) is 1.06. The second-order valence-corrected chi connectivity index (χ2v) is 5.85. The van der Waals surface area contributed by atoms with Crippen molar-refractivity contribution in [2.45, 2.75) is 51.6 Å². The number of nitrogens with zero attached hydrogens (tertiary/aromatic N) is 2. The summed E-state index contributed by atoms with van der Waals surface area (Å²) in [5.74, 6) is 0.880. The largest absolute Gasteiger partial charge is 0.343 e. The molecule has 4 nitrogen and oxygen atoms in total. The number of likely N-dealkylation sites (tertiary alicyclic amines) is 2. The van der Waals surface area contributed by atoms with Gasteiger partial charge in [-0.3, -0.25) is 9.69 Å². The van der Waals surface area contributed by atoms with Gasteiger partial charge in [0.2, 0.25) is 5.91 Å². The quantitative estimate of drug-likeness (QED) is 0.800. The number of hydrogen-bond acceptors (Lipinski definition) is 3. The number of amides is 1. The lowest BCUT2D eigenvalue weighted by Crippen LogP contribution is -2.53. The van der Waals surface area contributed by atoms with Crippen LogP contribution in [0.3, 0.4) is 0 Å². The van der Waals surface area contributed by atoms with E-state index in [1.807, 2.05) is 4.90 Å². The Bertz CT molecular complexity index is 287. The highest BCUT2D eigenvalue weighted by Crippen LogP contribution is 2.24. The van der Waals surface area contributed by atoms with E-state index in [1.54, 1.807) is 6.92 Å². The third-order valence-electron chi connectivity index (χ3n) is 4.77. The zero-order chi connectivity index (χ0) is 13.1. The number of nitrogens with two attached hydrogens (primary N) is 1. The summed E-state index contributed by atoms with van der Waals surface area (Å²) in [7, 11) is 0. The van der Waals surface area contributed by atoms with Crippen molar-refractivity contribution in [1.82, 2.24) is 9.80 Å². The Kier molecular flexibility index (Phi) is 4.62. The SMILES string of the molecule is CCC1CN(C2CCN(C(C)=O)CC2)CCC1N. The van der Waals surface area contributed by atoms with Crippen molar-refractivity contribution < 1.29 is 4.79 Å². The molecule has 1 amide bonds. The van der Waals surface area contributed by atoms with Gasteiger partial charge in [-0.2, -0.15) is 0 Å². The molecule has 104 valence electrons. The van der Waals surface area contributed by atoms with Crippen molar-refractivity contribution in [3.8, 4) is 0 Å². The topological polar surface area (TPSA) is 49.6 Å². The Labute approximate surface area is 110 Å². The summed E-state index contributed by atoms with van der Waals surface area (Å²) in [6, 6.07) is 1.06. The van der Waals surface area contributed by atoms with E-state index in [9.17, 15) is 4.79 Å². The van der Waals surface area contributed by atoms with Crippen LogP contribution in [0.5, 0.6) is 0 Å². The van der Waals surface area contributed by atoms with E-state index in [-0.39, 0.29) is 5.91 Å². The van der Waals surface area contributed by atoms with E-state index in [4.69, 9.17) is 5.73 Å². The van der Waals surface area contributed by atoms with E-state index in [0.717, 1.165) is 45.4 Å². The Morgan fingerprint density at radius 3 is 2.44 bits per heavy atom. The molecule has 0 aromatic heterocycles. The van der Waals surface area contributed by atoms with E-state index >= 15 is 0 Å². The summed E-state index contributed by atoms with van der Waals surface area (Å²) in [6.07, 6.45) is 4.58. The summed E-state index contributed by atoms with van der Waals surface area (Å²) >= 11 is 0. The number of piperidine rings is 2. The van der Waals surface area contributed by atoms with Gasteiger partial charge >= 0.3 is 0 Å². The fourth-order valence-electron chi connectivity index (χ4n) is 3.39.